The molecule has 1 unspecified atom stereocenters. The van der Waals surface area contributed by atoms with Gasteiger partial charge < -0.3 is 9.59 Å². The molecule has 13 heavy (non-hydrogen) atoms. The Morgan fingerprint density at radius 2 is 1.54 bits per heavy atom. The number of halogens is 1. The third-order valence-electron chi connectivity index (χ3n) is 1.25. The van der Waals surface area contributed by atoms with Crippen molar-refractivity contribution in [2.24, 2.45) is 0 Å². The Balaban J connectivity index is 0. The Kier molecular flexibility index (Phi) is 9.68. The molecular weight excluding hydrogens is 186 g/mol. The summed E-state index contributed by atoms with van der Waals surface area (Å²) in [6, 6.07) is 0. The van der Waals surface area contributed by atoms with Crippen LogP contribution in [0.1, 0.15) is 0 Å². The zero-order chi connectivity index (χ0) is 10.9. The topological polar surface area (TPSA) is 20.2 Å². The molecule has 0 amide bonds. The highest BCUT2D eigenvalue weighted by Gasteiger charge is 2.07. The lowest BCUT2D eigenvalue weighted by Crippen LogP contribution is -2.39. The van der Waals surface area contributed by atoms with E-state index in [1.807, 2.05) is 12.2 Å². The Labute approximate surface area is 86.7 Å². The minimum Gasteiger partial charge on any atom is -0.378 e. The molecule has 1 N–H and O–H groups in total. The van der Waals surface area contributed by atoms with Gasteiger partial charge >= 0.3 is 0 Å². The summed E-state index contributed by atoms with van der Waals surface area (Å²) in [6.45, 7) is 12.3. The summed E-state index contributed by atoms with van der Waals surface area (Å²) >= 11 is 4.72. The van der Waals surface area contributed by atoms with Crippen LogP contribution in [0.2, 0.25) is 0 Å². The van der Waals surface area contributed by atoms with Gasteiger partial charge in [-0.25, -0.2) is 0 Å². The predicted molar refractivity (Wildman–Crippen MR) is 59.5 cm³/mol. The van der Waals surface area contributed by atoms with Crippen LogP contribution in [0.25, 0.3) is 0 Å². The number of hydrogen-bond acceptors (Lipinski definition) is 1. The van der Waals surface area contributed by atoms with E-state index >= 15 is 0 Å². The van der Waals surface area contributed by atoms with Gasteiger partial charge in [0.1, 0.15) is 5.56 Å². The monoisotopic (exact) mass is 205 g/mol. The van der Waals surface area contributed by atoms with Crippen molar-refractivity contribution in [3.63, 3.8) is 0 Å². The third kappa shape index (κ3) is 18.6. The van der Waals surface area contributed by atoms with Crippen molar-refractivity contribution in [3.05, 3.63) is 32.2 Å². The number of quaternary nitrogens is 1. The molecular formula is C10H20ClNO+. The number of aliphatic hydroxyl groups is 1. The Morgan fingerprint density at radius 3 is 1.69 bits per heavy atom. The van der Waals surface area contributed by atoms with E-state index in [0.717, 1.165) is 17.6 Å². The van der Waals surface area contributed by atoms with E-state index in [1.54, 1.807) is 0 Å². The van der Waals surface area contributed by atoms with Gasteiger partial charge in [-0.05, 0) is 19.1 Å². The molecule has 0 aliphatic heterocycles. The van der Waals surface area contributed by atoms with Crippen molar-refractivity contribution in [2.45, 2.75) is 5.56 Å². The Hall–Kier alpha value is -0.310. The van der Waals surface area contributed by atoms with Crippen molar-refractivity contribution in [1.82, 2.24) is 0 Å². The van der Waals surface area contributed by atoms with Gasteiger partial charge in [0.05, 0.1) is 27.2 Å². The molecule has 0 saturated carbocycles. The maximum atomic E-state index is 7.71. The fourth-order valence-corrected chi connectivity index (χ4v) is 0.774. The van der Waals surface area contributed by atoms with Crippen LogP contribution >= 0.6 is 11.6 Å². The lowest BCUT2D eigenvalue weighted by Gasteiger charge is -2.26. The standard InChI is InChI=1S/C8H16N.C2H4ClO/c1-5-7-9(3,4)8-6-2;1-2(3)4/h5-6H,1-2,7-8H2,3-4H3;2,4H,1H2/q+1;. The SMILES string of the molecule is C=CC[N+](C)(C)CC=C.[CH2]C(O)Cl. The summed E-state index contributed by atoms with van der Waals surface area (Å²) in [5.41, 5.74) is -0.944. The van der Waals surface area contributed by atoms with Crippen molar-refractivity contribution >= 4 is 11.6 Å². The summed E-state index contributed by atoms with van der Waals surface area (Å²) in [5.74, 6) is 0. The van der Waals surface area contributed by atoms with Crippen molar-refractivity contribution in [1.29, 1.82) is 0 Å². The molecule has 0 aromatic rings. The van der Waals surface area contributed by atoms with Gasteiger partial charge in [0, 0.05) is 0 Å². The first-order chi connectivity index (χ1) is 5.85. The first-order valence-corrected chi connectivity index (χ1v) is 4.48. The highest BCUT2D eigenvalue weighted by atomic mass is 35.5. The second-order valence-electron chi connectivity index (χ2n) is 3.31. The molecule has 0 bridgehead atoms. The molecule has 0 rings (SSSR count). The van der Waals surface area contributed by atoms with Gasteiger partial charge in [-0.1, -0.05) is 24.8 Å². The second-order valence-corrected chi connectivity index (χ2v) is 3.82. The number of alkyl halides is 1. The predicted octanol–water partition coefficient (Wildman–Crippen LogP) is 1.81. The Morgan fingerprint density at radius 1 is 1.31 bits per heavy atom. The van der Waals surface area contributed by atoms with Crippen LogP contribution < -0.4 is 0 Å². The molecule has 0 aliphatic carbocycles. The second kappa shape index (κ2) is 8.30. The molecule has 0 aromatic heterocycles. The summed E-state index contributed by atoms with van der Waals surface area (Å²) < 4.78 is 0.951. The minimum absolute atomic E-state index is 0.944. The van der Waals surface area contributed by atoms with Gasteiger partial charge in [-0.3, -0.25) is 0 Å². The quantitative estimate of drug-likeness (QED) is 0.422. The van der Waals surface area contributed by atoms with E-state index in [1.165, 1.54) is 0 Å². The van der Waals surface area contributed by atoms with Crippen LogP contribution in [0.15, 0.2) is 25.3 Å². The lowest BCUT2D eigenvalue weighted by atomic mass is 10.4. The van der Waals surface area contributed by atoms with Crippen LogP contribution in [0.3, 0.4) is 0 Å². The van der Waals surface area contributed by atoms with E-state index in [0.29, 0.717) is 0 Å². The molecule has 0 spiro atoms. The molecule has 2 nitrogen and oxygen atoms in total. The van der Waals surface area contributed by atoms with E-state index < -0.39 is 5.56 Å². The lowest BCUT2D eigenvalue weighted by molar-refractivity contribution is -0.878. The van der Waals surface area contributed by atoms with Crippen LogP contribution in [0, 0.1) is 6.92 Å². The van der Waals surface area contributed by atoms with Gasteiger partial charge in [0.15, 0.2) is 0 Å². The van der Waals surface area contributed by atoms with Gasteiger partial charge in [0.25, 0.3) is 0 Å². The van der Waals surface area contributed by atoms with E-state index in [-0.39, 0.29) is 0 Å². The molecule has 0 heterocycles. The minimum atomic E-state index is -0.944. The van der Waals surface area contributed by atoms with E-state index in [9.17, 15) is 0 Å². The zero-order valence-electron chi connectivity index (χ0n) is 8.54. The summed E-state index contributed by atoms with van der Waals surface area (Å²) in [7, 11) is 4.31. The maximum absolute atomic E-state index is 7.71. The molecule has 1 atom stereocenters. The number of aliphatic hydroxyl groups excluding tert-OH is 1. The number of nitrogens with zero attached hydrogens (tertiary/aromatic N) is 1. The molecule has 1 radical (unpaired) electrons. The molecule has 0 aliphatic rings. The van der Waals surface area contributed by atoms with Crippen molar-refractivity contribution in [2.75, 3.05) is 27.2 Å². The first kappa shape index (κ1) is 15.2. The van der Waals surface area contributed by atoms with Crippen molar-refractivity contribution < 1.29 is 9.59 Å². The largest absolute Gasteiger partial charge is 0.378 e. The van der Waals surface area contributed by atoms with Gasteiger partial charge in [-0.15, -0.1) is 0 Å². The summed E-state index contributed by atoms with van der Waals surface area (Å²) in [4.78, 5) is 0. The van der Waals surface area contributed by atoms with Crippen LogP contribution in [0.4, 0.5) is 0 Å². The average Bonchev–Trinajstić information content (AvgIpc) is 1.84. The molecule has 0 aromatic carbocycles. The van der Waals surface area contributed by atoms with E-state index in [2.05, 4.69) is 34.2 Å². The zero-order valence-corrected chi connectivity index (χ0v) is 9.30. The molecule has 0 saturated heterocycles. The summed E-state index contributed by atoms with van der Waals surface area (Å²) in [6.07, 6.45) is 3.87. The number of likely N-dealkylation sites (N-methyl/N-ethyl adjacent to an activating group) is 1. The smallest absolute Gasteiger partial charge is 0.128 e. The highest BCUT2D eigenvalue weighted by Crippen LogP contribution is 1.95. The van der Waals surface area contributed by atoms with Crippen LogP contribution in [0.5, 0.6) is 0 Å². The van der Waals surface area contributed by atoms with Gasteiger partial charge in [0.2, 0.25) is 0 Å². The van der Waals surface area contributed by atoms with Crippen LogP contribution in [-0.2, 0) is 0 Å². The number of hydrogen-bond donors (Lipinski definition) is 1. The molecule has 3 heteroatoms. The average molecular weight is 206 g/mol. The third-order valence-corrected chi connectivity index (χ3v) is 1.25. The first-order valence-electron chi connectivity index (χ1n) is 4.04. The molecule has 77 valence electrons. The number of rotatable bonds is 4. The normalized spacial score (nSPS) is 12.4. The maximum Gasteiger partial charge on any atom is 0.128 e. The fraction of sp³-hybridized carbons (Fsp3) is 0.500. The Bertz CT molecular complexity index is 129. The van der Waals surface area contributed by atoms with Gasteiger partial charge in [-0.2, -0.15) is 0 Å². The highest BCUT2D eigenvalue weighted by molar-refractivity contribution is 6.19. The summed E-state index contributed by atoms with van der Waals surface area (Å²) in [5, 5.41) is 7.71. The molecule has 0 fully saturated rings. The fourth-order valence-electron chi connectivity index (χ4n) is 0.774. The van der Waals surface area contributed by atoms with Crippen LogP contribution in [-0.4, -0.2) is 42.3 Å². The van der Waals surface area contributed by atoms with Crippen molar-refractivity contribution in [3.8, 4) is 0 Å². The van der Waals surface area contributed by atoms with E-state index in [4.69, 9.17) is 16.7 Å².